The highest BCUT2D eigenvalue weighted by Gasteiger charge is 2.18. The Bertz CT molecular complexity index is 1180. The molecule has 154 valence electrons. The Morgan fingerprint density at radius 3 is 2.80 bits per heavy atom. The maximum Gasteiger partial charge on any atom is 0.227 e. The van der Waals surface area contributed by atoms with Gasteiger partial charge in [0.25, 0.3) is 0 Å². The summed E-state index contributed by atoms with van der Waals surface area (Å²) in [6.45, 7) is 2.12. The Morgan fingerprint density at radius 1 is 1.13 bits per heavy atom. The largest absolute Gasteiger partial charge is 0.496 e. The molecule has 0 unspecified atom stereocenters. The predicted octanol–water partition coefficient (Wildman–Crippen LogP) is 6.12. The zero-order valence-corrected chi connectivity index (χ0v) is 18.1. The van der Waals surface area contributed by atoms with Crippen LogP contribution in [-0.4, -0.2) is 26.9 Å². The molecule has 0 bridgehead atoms. The van der Waals surface area contributed by atoms with Gasteiger partial charge in [-0.2, -0.15) is 5.10 Å². The summed E-state index contributed by atoms with van der Waals surface area (Å²) in [6.07, 6.45) is 12.2. The van der Waals surface area contributed by atoms with E-state index in [1.165, 1.54) is 37.0 Å². The number of ether oxygens (including phenoxy) is 1. The van der Waals surface area contributed by atoms with Crippen molar-refractivity contribution < 1.29 is 4.74 Å². The number of hydrogen-bond donors (Lipinski definition) is 1. The number of anilines is 2. The number of nitrogens with zero attached hydrogens (tertiary/aromatic N) is 4. The van der Waals surface area contributed by atoms with Gasteiger partial charge in [-0.25, -0.2) is 9.97 Å². The van der Waals surface area contributed by atoms with E-state index < -0.39 is 0 Å². The van der Waals surface area contributed by atoms with Crippen LogP contribution in [0.25, 0.3) is 21.3 Å². The first-order valence-electron chi connectivity index (χ1n) is 10.4. The second-order valence-electron chi connectivity index (χ2n) is 7.77. The van der Waals surface area contributed by atoms with Gasteiger partial charge in [-0.3, -0.25) is 4.68 Å². The van der Waals surface area contributed by atoms with Gasteiger partial charge in [0.15, 0.2) is 0 Å². The highest BCUT2D eigenvalue weighted by Crippen LogP contribution is 2.41. The minimum Gasteiger partial charge on any atom is -0.496 e. The van der Waals surface area contributed by atoms with E-state index in [1.54, 1.807) is 18.4 Å². The smallest absolute Gasteiger partial charge is 0.227 e. The second-order valence-corrected chi connectivity index (χ2v) is 9.02. The van der Waals surface area contributed by atoms with Crippen molar-refractivity contribution in [3.63, 3.8) is 0 Å². The van der Waals surface area contributed by atoms with Gasteiger partial charge in [-0.05, 0) is 25.8 Å². The maximum atomic E-state index is 5.59. The van der Waals surface area contributed by atoms with Gasteiger partial charge in [0.05, 0.1) is 41.4 Å². The molecular formula is C23H25N5OS. The van der Waals surface area contributed by atoms with Gasteiger partial charge in [0, 0.05) is 22.2 Å². The summed E-state index contributed by atoms with van der Waals surface area (Å²) in [4.78, 5) is 10.6. The SMILES string of the molecule is COc1ccccc1-c1c(C)sc2cnc(Nc3cnn(C4CCCCC4)c3)nc12. The van der Waals surface area contributed by atoms with Gasteiger partial charge in [0.2, 0.25) is 5.95 Å². The molecule has 7 heteroatoms. The Labute approximate surface area is 179 Å². The second kappa shape index (κ2) is 8.07. The molecule has 1 N–H and O–H groups in total. The Hall–Kier alpha value is -2.93. The quantitative estimate of drug-likeness (QED) is 0.422. The molecule has 0 amide bonds. The number of rotatable bonds is 5. The molecule has 3 heterocycles. The van der Waals surface area contributed by atoms with Crippen molar-refractivity contribution in [3.8, 4) is 16.9 Å². The lowest BCUT2D eigenvalue weighted by Crippen LogP contribution is -2.12. The maximum absolute atomic E-state index is 5.59. The van der Waals surface area contributed by atoms with Crippen LogP contribution in [0.15, 0.2) is 42.9 Å². The van der Waals surface area contributed by atoms with Crippen molar-refractivity contribution in [2.45, 2.75) is 45.1 Å². The van der Waals surface area contributed by atoms with E-state index in [1.807, 2.05) is 30.6 Å². The number of aromatic nitrogens is 4. The molecule has 0 aliphatic heterocycles. The van der Waals surface area contributed by atoms with Crippen LogP contribution in [0.3, 0.4) is 0 Å². The minimum absolute atomic E-state index is 0.509. The fourth-order valence-corrected chi connectivity index (χ4v) is 5.30. The molecule has 0 atom stereocenters. The lowest BCUT2D eigenvalue weighted by Gasteiger charge is -2.21. The highest BCUT2D eigenvalue weighted by atomic mass is 32.1. The lowest BCUT2D eigenvalue weighted by atomic mass is 9.96. The lowest BCUT2D eigenvalue weighted by molar-refractivity contribution is 0.329. The molecular weight excluding hydrogens is 394 g/mol. The zero-order valence-electron chi connectivity index (χ0n) is 17.3. The molecule has 1 aliphatic carbocycles. The number of nitrogens with one attached hydrogen (secondary N) is 1. The summed E-state index contributed by atoms with van der Waals surface area (Å²) < 4.78 is 8.75. The van der Waals surface area contributed by atoms with Gasteiger partial charge in [-0.15, -0.1) is 11.3 Å². The number of fused-ring (bicyclic) bond motifs is 1. The summed E-state index contributed by atoms with van der Waals surface area (Å²) in [7, 11) is 1.70. The van der Waals surface area contributed by atoms with Crippen LogP contribution in [0.4, 0.5) is 11.6 Å². The van der Waals surface area contributed by atoms with Crippen LogP contribution < -0.4 is 10.1 Å². The van der Waals surface area contributed by atoms with Crippen LogP contribution in [0.1, 0.15) is 43.0 Å². The van der Waals surface area contributed by atoms with E-state index in [0.29, 0.717) is 12.0 Å². The number of methoxy groups -OCH3 is 1. The van der Waals surface area contributed by atoms with Crippen LogP contribution in [0.2, 0.25) is 0 Å². The van der Waals surface area contributed by atoms with Gasteiger partial charge >= 0.3 is 0 Å². The van der Waals surface area contributed by atoms with E-state index in [0.717, 1.165) is 32.8 Å². The first-order valence-corrected chi connectivity index (χ1v) is 11.3. The number of aryl methyl sites for hydroxylation is 1. The van der Waals surface area contributed by atoms with Crippen molar-refractivity contribution >= 4 is 33.2 Å². The Morgan fingerprint density at radius 2 is 1.97 bits per heavy atom. The standard InChI is InChI=1S/C23H25N5OS/c1-15-21(18-10-6-7-11-19(18)29-2)22-20(30-15)13-24-23(27-22)26-16-12-25-28(14-16)17-8-4-3-5-9-17/h6-7,10-14,17H,3-5,8-9H2,1-2H3,(H,24,26,27). The molecule has 1 fully saturated rings. The van der Waals surface area contributed by atoms with Crippen molar-refractivity contribution in [3.05, 3.63) is 47.7 Å². The fourth-order valence-electron chi connectivity index (χ4n) is 4.31. The van der Waals surface area contributed by atoms with Crippen molar-refractivity contribution in [2.24, 2.45) is 0 Å². The molecule has 5 rings (SSSR count). The molecule has 0 saturated heterocycles. The summed E-state index contributed by atoms with van der Waals surface area (Å²) in [6, 6.07) is 8.59. The molecule has 1 aromatic carbocycles. The van der Waals surface area contributed by atoms with Crippen LogP contribution >= 0.6 is 11.3 Å². The third kappa shape index (κ3) is 3.54. The minimum atomic E-state index is 0.509. The number of benzene rings is 1. The normalized spacial score (nSPS) is 14.9. The fraction of sp³-hybridized carbons (Fsp3) is 0.348. The average molecular weight is 420 g/mol. The topological polar surface area (TPSA) is 64.9 Å². The van der Waals surface area contributed by atoms with Crippen LogP contribution in [-0.2, 0) is 0 Å². The van der Waals surface area contributed by atoms with Crippen LogP contribution in [0.5, 0.6) is 5.75 Å². The van der Waals surface area contributed by atoms with Gasteiger partial charge < -0.3 is 10.1 Å². The molecule has 1 aliphatic rings. The Kier molecular flexibility index (Phi) is 5.12. The molecule has 0 radical (unpaired) electrons. The van der Waals surface area contributed by atoms with Crippen molar-refractivity contribution in [1.82, 2.24) is 19.7 Å². The predicted molar refractivity (Wildman–Crippen MR) is 122 cm³/mol. The summed E-state index contributed by atoms with van der Waals surface area (Å²) >= 11 is 1.71. The molecule has 3 aromatic heterocycles. The highest BCUT2D eigenvalue weighted by molar-refractivity contribution is 7.19. The van der Waals surface area contributed by atoms with Crippen molar-refractivity contribution in [1.29, 1.82) is 0 Å². The third-order valence-electron chi connectivity index (χ3n) is 5.79. The number of para-hydroxylation sites is 1. The number of thiophene rings is 1. The average Bonchev–Trinajstić information content (AvgIpc) is 3.38. The van der Waals surface area contributed by atoms with E-state index in [4.69, 9.17) is 9.72 Å². The first kappa shape index (κ1) is 19.1. The number of hydrogen-bond acceptors (Lipinski definition) is 6. The third-order valence-corrected chi connectivity index (χ3v) is 6.82. The molecule has 6 nitrogen and oxygen atoms in total. The monoisotopic (exact) mass is 419 g/mol. The summed E-state index contributed by atoms with van der Waals surface area (Å²) in [5.74, 6) is 1.43. The van der Waals surface area contributed by atoms with E-state index >= 15 is 0 Å². The molecule has 30 heavy (non-hydrogen) atoms. The zero-order chi connectivity index (χ0) is 20.5. The van der Waals surface area contributed by atoms with E-state index in [9.17, 15) is 0 Å². The molecule has 0 spiro atoms. The summed E-state index contributed by atoms with van der Waals surface area (Å²) in [5, 5.41) is 7.91. The first-order chi connectivity index (χ1) is 14.7. The molecule has 1 saturated carbocycles. The van der Waals surface area contributed by atoms with Crippen molar-refractivity contribution in [2.75, 3.05) is 12.4 Å². The summed E-state index contributed by atoms with van der Waals surface area (Å²) in [5.41, 5.74) is 4.03. The van der Waals surface area contributed by atoms with Gasteiger partial charge in [0.1, 0.15) is 5.75 Å². The van der Waals surface area contributed by atoms with Crippen LogP contribution in [0, 0.1) is 6.92 Å². The molecule has 4 aromatic rings. The van der Waals surface area contributed by atoms with Gasteiger partial charge in [-0.1, -0.05) is 37.5 Å². The Balaban J connectivity index is 1.47. The van der Waals surface area contributed by atoms with E-state index in [2.05, 4.69) is 39.3 Å². The van der Waals surface area contributed by atoms with E-state index in [-0.39, 0.29) is 0 Å².